The quantitative estimate of drug-likeness (QED) is 0.746. The van der Waals surface area contributed by atoms with E-state index in [2.05, 4.69) is 10.3 Å². The predicted octanol–water partition coefficient (Wildman–Crippen LogP) is 1.93. The van der Waals surface area contributed by atoms with Gasteiger partial charge in [0.1, 0.15) is 10.8 Å². The molecule has 1 fully saturated rings. The molecular weight excluding hydrogens is 206 g/mol. The first-order valence-electron chi connectivity index (χ1n) is 5.25. The van der Waals surface area contributed by atoms with E-state index < -0.39 is 0 Å². The number of pyridine rings is 1. The van der Waals surface area contributed by atoms with E-state index in [4.69, 9.17) is 18.0 Å². The summed E-state index contributed by atoms with van der Waals surface area (Å²) in [5.74, 6) is 1.80. The summed E-state index contributed by atoms with van der Waals surface area (Å²) in [7, 11) is 0. The molecule has 1 aromatic heterocycles. The van der Waals surface area contributed by atoms with Crippen LogP contribution in [0.1, 0.15) is 24.8 Å². The second-order valence-corrected chi connectivity index (χ2v) is 4.39. The van der Waals surface area contributed by atoms with Crippen LogP contribution in [-0.2, 0) is 0 Å². The Hall–Kier alpha value is -1.16. The molecule has 2 rings (SSSR count). The highest BCUT2D eigenvalue weighted by atomic mass is 32.1. The van der Waals surface area contributed by atoms with Crippen LogP contribution in [-0.4, -0.2) is 16.5 Å². The van der Waals surface area contributed by atoms with Gasteiger partial charge in [-0.1, -0.05) is 25.1 Å². The largest absolute Gasteiger partial charge is 0.389 e. The lowest BCUT2D eigenvalue weighted by Gasteiger charge is -2.06. The zero-order chi connectivity index (χ0) is 10.7. The second kappa shape index (κ2) is 4.57. The maximum atomic E-state index is 5.55. The van der Waals surface area contributed by atoms with Crippen molar-refractivity contribution < 1.29 is 0 Å². The summed E-state index contributed by atoms with van der Waals surface area (Å²) in [6.45, 7) is 0.985. The lowest BCUT2D eigenvalue weighted by molar-refractivity contribution is 0.758. The van der Waals surface area contributed by atoms with Gasteiger partial charge in [-0.05, 0) is 24.5 Å². The topological polar surface area (TPSA) is 50.9 Å². The van der Waals surface area contributed by atoms with E-state index in [0.717, 1.165) is 23.8 Å². The zero-order valence-corrected chi connectivity index (χ0v) is 9.39. The SMILES string of the molecule is NC(=S)c1ccnc(NCCC2CC2)c1. The average molecular weight is 221 g/mol. The Labute approximate surface area is 95.1 Å². The minimum atomic E-state index is 0.419. The lowest BCUT2D eigenvalue weighted by Crippen LogP contribution is -2.11. The highest BCUT2D eigenvalue weighted by Gasteiger charge is 2.20. The third-order valence-corrected chi connectivity index (χ3v) is 2.84. The molecule has 0 amide bonds. The molecule has 0 aromatic carbocycles. The van der Waals surface area contributed by atoms with Crippen molar-refractivity contribution in [1.29, 1.82) is 0 Å². The number of nitrogens with zero attached hydrogens (tertiary/aromatic N) is 1. The average Bonchev–Trinajstić information content (AvgIpc) is 3.02. The Morgan fingerprint density at radius 3 is 3.07 bits per heavy atom. The van der Waals surface area contributed by atoms with Gasteiger partial charge in [-0.15, -0.1) is 0 Å². The first-order valence-corrected chi connectivity index (χ1v) is 5.66. The molecule has 0 bridgehead atoms. The molecule has 1 saturated carbocycles. The molecule has 0 spiro atoms. The van der Waals surface area contributed by atoms with E-state index in [1.54, 1.807) is 6.20 Å². The molecular formula is C11H15N3S. The molecule has 1 aromatic rings. The molecule has 1 aliphatic carbocycles. The van der Waals surface area contributed by atoms with Crippen LogP contribution in [0.4, 0.5) is 5.82 Å². The smallest absolute Gasteiger partial charge is 0.126 e. The van der Waals surface area contributed by atoms with Gasteiger partial charge >= 0.3 is 0 Å². The van der Waals surface area contributed by atoms with Crippen LogP contribution in [0.25, 0.3) is 0 Å². The monoisotopic (exact) mass is 221 g/mol. The van der Waals surface area contributed by atoms with Crippen molar-refractivity contribution in [3.05, 3.63) is 23.9 Å². The van der Waals surface area contributed by atoms with Crippen LogP contribution < -0.4 is 11.1 Å². The standard InChI is InChI=1S/C11H15N3S/c12-11(15)9-4-6-14-10(7-9)13-5-3-8-1-2-8/h4,6-8H,1-3,5H2,(H2,12,15)(H,13,14). The summed E-state index contributed by atoms with van der Waals surface area (Å²) < 4.78 is 0. The number of thiocarbonyl (C=S) groups is 1. The minimum absolute atomic E-state index is 0.419. The van der Waals surface area contributed by atoms with Gasteiger partial charge in [0.25, 0.3) is 0 Å². The molecule has 0 saturated heterocycles. The summed E-state index contributed by atoms with van der Waals surface area (Å²) in [6.07, 6.45) is 5.75. The van der Waals surface area contributed by atoms with Gasteiger partial charge in [0.15, 0.2) is 0 Å². The van der Waals surface area contributed by atoms with Crippen molar-refractivity contribution in [3.8, 4) is 0 Å². The number of hydrogen-bond donors (Lipinski definition) is 2. The summed E-state index contributed by atoms with van der Waals surface area (Å²) in [4.78, 5) is 4.63. The zero-order valence-electron chi connectivity index (χ0n) is 8.57. The van der Waals surface area contributed by atoms with Crippen molar-refractivity contribution in [2.45, 2.75) is 19.3 Å². The van der Waals surface area contributed by atoms with E-state index in [1.807, 2.05) is 12.1 Å². The lowest BCUT2D eigenvalue weighted by atomic mass is 10.2. The van der Waals surface area contributed by atoms with Gasteiger partial charge in [-0.25, -0.2) is 4.98 Å². The van der Waals surface area contributed by atoms with E-state index >= 15 is 0 Å². The van der Waals surface area contributed by atoms with Crippen LogP contribution in [0, 0.1) is 5.92 Å². The number of nitrogens with one attached hydrogen (secondary N) is 1. The summed E-state index contributed by atoms with van der Waals surface area (Å²) in [5, 5.41) is 3.28. The first-order chi connectivity index (χ1) is 7.25. The van der Waals surface area contributed by atoms with Gasteiger partial charge < -0.3 is 11.1 Å². The Balaban J connectivity index is 1.88. The summed E-state index contributed by atoms with van der Waals surface area (Å²) >= 11 is 4.91. The maximum Gasteiger partial charge on any atom is 0.126 e. The van der Waals surface area contributed by atoms with E-state index in [-0.39, 0.29) is 0 Å². The fourth-order valence-corrected chi connectivity index (χ4v) is 1.62. The van der Waals surface area contributed by atoms with Gasteiger partial charge in [0, 0.05) is 18.3 Å². The number of aromatic nitrogens is 1. The normalized spacial score (nSPS) is 14.9. The Kier molecular flexibility index (Phi) is 3.16. The van der Waals surface area contributed by atoms with Crippen molar-refractivity contribution in [2.75, 3.05) is 11.9 Å². The fourth-order valence-electron chi connectivity index (χ4n) is 1.49. The van der Waals surface area contributed by atoms with Gasteiger partial charge in [0.2, 0.25) is 0 Å². The minimum Gasteiger partial charge on any atom is -0.389 e. The van der Waals surface area contributed by atoms with Crippen LogP contribution in [0.3, 0.4) is 0 Å². The Morgan fingerprint density at radius 2 is 2.40 bits per heavy atom. The first kappa shape index (κ1) is 10.4. The third-order valence-electron chi connectivity index (χ3n) is 2.60. The third kappa shape index (κ3) is 3.16. The number of anilines is 1. The summed E-state index contributed by atoms with van der Waals surface area (Å²) in [6, 6.07) is 3.73. The molecule has 4 heteroatoms. The molecule has 0 radical (unpaired) electrons. The highest BCUT2D eigenvalue weighted by Crippen LogP contribution is 2.31. The molecule has 1 aliphatic rings. The Bertz CT molecular complexity index is 361. The summed E-state index contributed by atoms with van der Waals surface area (Å²) in [5.41, 5.74) is 6.41. The van der Waals surface area contributed by atoms with Crippen molar-refractivity contribution >= 4 is 23.0 Å². The molecule has 3 N–H and O–H groups in total. The van der Waals surface area contributed by atoms with Crippen LogP contribution >= 0.6 is 12.2 Å². The number of rotatable bonds is 5. The predicted molar refractivity (Wildman–Crippen MR) is 66.0 cm³/mol. The molecule has 1 heterocycles. The molecule has 0 atom stereocenters. The van der Waals surface area contributed by atoms with Crippen molar-refractivity contribution in [3.63, 3.8) is 0 Å². The van der Waals surface area contributed by atoms with Crippen LogP contribution in [0.5, 0.6) is 0 Å². The van der Waals surface area contributed by atoms with Gasteiger partial charge in [-0.3, -0.25) is 0 Å². The van der Waals surface area contributed by atoms with Crippen LogP contribution in [0.15, 0.2) is 18.3 Å². The second-order valence-electron chi connectivity index (χ2n) is 3.95. The molecule has 15 heavy (non-hydrogen) atoms. The molecule has 0 aliphatic heterocycles. The maximum absolute atomic E-state index is 5.55. The molecule has 0 unspecified atom stereocenters. The molecule has 80 valence electrons. The Morgan fingerprint density at radius 1 is 1.60 bits per heavy atom. The number of nitrogens with two attached hydrogens (primary N) is 1. The van der Waals surface area contributed by atoms with E-state index in [1.165, 1.54) is 19.3 Å². The van der Waals surface area contributed by atoms with Crippen molar-refractivity contribution in [2.24, 2.45) is 11.7 Å². The van der Waals surface area contributed by atoms with Gasteiger partial charge in [0.05, 0.1) is 0 Å². The van der Waals surface area contributed by atoms with Crippen LogP contribution in [0.2, 0.25) is 0 Å². The van der Waals surface area contributed by atoms with Gasteiger partial charge in [-0.2, -0.15) is 0 Å². The molecule has 3 nitrogen and oxygen atoms in total. The van der Waals surface area contributed by atoms with E-state index in [9.17, 15) is 0 Å². The highest BCUT2D eigenvalue weighted by molar-refractivity contribution is 7.80. The van der Waals surface area contributed by atoms with Crippen molar-refractivity contribution in [1.82, 2.24) is 4.98 Å². The fraction of sp³-hybridized carbons (Fsp3) is 0.455. The number of hydrogen-bond acceptors (Lipinski definition) is 3. The van der Waals surface area contributed by atoms with E-state index in [0.29, 0.717) is 4.99 Å².